The van der Waals surface area contributed by atoms with Crippen molar-refractivity contribution in [3.8, 4) is 22.6 Å². The Labute approximate surface area is 169 Å². The molecule has 3 aromatic carbocycles. The first-order valence-corrected chi connectivity index (χ1v) is 8.56. The highest BCUT2D eigenvalue weighted by Gasteiger charge is 2.10. The molecule has 0 heterocycles. The number of nitro benzene ring substituents is 1. The highest BCUT2D eigenvalue weighted by molar-refractivity contribution is 5.85. The van der Waals surface area contributed by atoms with E-state index in [4.69, 9.17) is 15.2 Å². The van der Waals surface area contributed by atoms with Crippen molar-refractivity contribution in [3.63, 3.8) is 0 Å². The summed E-state index contributed by atoms with van der Waals surface area (Å²) in [4.78, 5) is 10.4. The number of nitrogens with two attached hydrogens (primary N) is 1. The number of ether oxygens (including phenoxy) is 2. The lowest BCUT2D eigenvalue weighted by Crippen LogP contribution is -2.11. The number of halogens is 1. The predicted octanol–water partition coefficient (Wildman–Crippen LogP) is 4.60. The maximum atomic E-state index is 10.8. The molecule has 3 aromatic rings. The van der Waals surface area contributed by atoms with Gasteiger partial charge in [0.2, 0.25) is 0 Å². The Morgan fingerprint density at radius 3 is 2.18 bits per heavy atom. The Morgan fingerprint density at radius 1 is 0.857 bits per heavy atom. The topological polar surface area (TPSA) is 87.6 Å². The molecule has 0 saturated carbocycles. The van der Waals surface area contributed by atoms with Crippen LogP contribution >= 0.6 is 12.4 Å². The minimum atomic E-state index is -0.415. The molecule has 0 saturated heterocycles. The van der Waals surface area contributed by atoms with Crippen LogP contribution in [0.5, 0.6) is 11.5 Å². The van der Waals surface area contributed by atoms with Crippen LogP contribution in [-0.2, 0) is 6.61 Å². The highest BCUT2D eigenvalue weighted by Crippen LogP contribution is 2.34. The van der Waals surface area contributed by atoms with Crippen molar-refractivity contribution in [2.24, 2.45) is 5.73 Å². The zero-order valence-corrected chi connectivity index (χ0v) is 15.9. The van der Waals surface area contributed by atoms with Gasteiger partial charge >= 0.3 is 0 Å². The molecule has 0 aromatic heterocycles. The number of rotatable bonds is 8. The van der Waals surface area contributed by atoms with Crippen molar-refractivity contribution in [3.05, 3.63) is 88.5 Å². The summed E-state index contributed by atoms with van der Waals surface area (Å²) in [6.07, 6.45) is 0. The maximum Gasteiger partial charge on any atom is 0.269 e. The van der Waals surface area contributed by atoms with Gasteiger partial charge in [0.1, 0.15) is 13.2 Å². The lowest BCUT2D eigenvalue weighted by molar-refractivity contribution is -0.384. The lowest BCUT2D eigenvalue weighted by atomic mass is 10.0. The maximum absolute atomic E-state index is 10.8. The number of non-ortho nitro benzene ring substituents is 1. The molecule has 0 aliphatic rings. The SMILES string of the molecule is Cl.NCCOc1ccc(-c2ccc([N+](=O)[O-])cc2)cc1OCc1ccccc1. The second kappa shape index (κ2) is 10.3. The molecule has 0 aliphatic heterocycles. The number of hydrogen-bond donors (Lipinski definition) is 1. The van der Waals surface area contributed by atoms with Gasteiger partial charge in [-0.1, -0.05) is 36.4 Å². The van der Waals surface area contributed by atoms with Crippen molar-refractivity contribution in [2.45, 2.75) is 6.61 Å². The molecule has 0 fully saturated rings. The molecule has 0 radical (unpaired) electrons. The van der Waals surface area contributed by atoms with E-state index in [1.54, 1.807) is 12.1 Å². The molecule has 0 amide bonds. The minimum Gasteiger partial charge on any atom is -0.488 e. The van der Waals surface area contributed by atoms with E-state index in [1.807, 2.05) is 48.5 Å². The van der Waals surface area contributed by atoms with Crippen molar-refractivity contribution in [2.75, 3.05) is 13.2 Å². The summed E-state index contributed by atoms with van der Waals surface area (Å²) in [5.41, 5.74) is 8.37. The largest absolute Gasteiger partial charge is 0.488 e. The molecule has 0 unspecified atom stereocenters. The molecule has 0 bridgehead atoms. The Morgan fingerprint density at radius 2 is 1.54 bits per heavy atom. The van der Waals surface area contributed by atoms with E-state index < -0.39 is 4.92 Å². The van der Waals surface area contributed by atoms with Gasteiger partial charge in [-0.05, 0) is 41.0 Å². The summed E-state index contributed by atoms with van der Waals surface area (Å²) >= 11 is 0. The van der Waals surface area contributed by atoms with Gasteiger partial charge in [-0.2, -0.15) is 0 Å². The van der Waals surface area contributed by atoms with Gasteiger partial charge in [-0.15, -0.1) is 12.4 Å². The summed E-state index contributed by atoms with van der Waals surface area (Å²) in [7, 11) is 0. The standard InChI is InChI=1S/C21H20N2O4.ClH/c22-12-13-26-20-11-8-18(17-6-9-19(10-7-17)23(24)25)14-21(20)27-15-16-4-2-1-3-5-16;/h1-11,14H,12-13,15,22H2;1H. The number of benzene rings is 3. The molecule has 6 nitrogen and oxygen atoms in total. The van der Waals surface area contributed by atoms with Crippen LogP contribution in [-0.4, -0.2) is 18.1 Å². The van der Waals surface area contributed by atoms with Crippen LogP contribution in [0, 0.1) is 10.1 Å². The molecule has 7 heteroatoms. The molecule has 0 aliphatic carbocycles. The minimum absolute atomic E-state index is 0. The molecule has 2 N–H and O–H groups in total. The van der Waals surface area contributed by atoms with Crippen LogP contribution in [0.25, 0.3) is 11.1 Å². The van der Waals surface area contributed by atoms with E-state index in [0.717, 1.165) is 16.7 Å². The van der Waals surface area contributed by atoms with Gasteiger partial charge in [-0.25, -0.2) is 0 Å². The van der Waals surface area contributed by atoms with Gasteiger partial charge in [0.25, 0.3) is 5.69 Å². The average molecular weight is 401 g/mol. The van der Waals surface area contributed by atoms with E-state index in [9.17, 15) is 10.1 Å². The van der Waals surface area contributed by atoms with Crippen LogP contribution in [0.4, 0.5) is 5.69 Å². The van der Waals surface area contributed by atoms with Crippen molar-refractivity contribution in [1.82, 2.24) is 0 Å². The third-order valence-corrected chi connectivity index (χ3v) is 3.97. The Hall–Kier alpha value is -3.09. The summed E-state index contributed by atoms with van der Waals surface area (Å²) in [5, 5.41) is 10.8. The van der Waals surface area contributed by atoms with Crippen molar-refractivity contribution >= 4 is 18.1 Å². The Balaban J connectivity index is 0.00000280. The van der Waals surface area contributed by atoms with Crippen LogP contribution in [0.2, 0.25) is 0 Å². The zero-order valence-electron chi connectivity index (χ0n) is 15.1. The van der Waals surface area contributed by atoms with Crippen molar-refractivity contribution < 1.29 is 14.4 Å². The number of nitrogens with zero attached hydrogens (tertiary/aromatic N) is 1. The normalized spacial score (nSPS) is 10.0. The Kier molecular flexibility index (Phi) is 7.80. The first-order chi connectivity index (χ1) is 13.2. The first kappa shape index (κ1) is 21.2. The van der Waals surface area contributed by atoms with Gasteiger partial charge in [-0.3, -0.25) is 10.1 Å². The molecule has 146 valence electrons. The highest BCUT2D eigenvalue weighted by atomic mass is 35.5. The van der Waals surface area contributed by atoms with E-state index in [-0.39, 0.29) is 18.1 Å². The van der Waals surface area contributed by atoms with E-state index in [0.29, 0.717) is 31.3 Å². The monoisotopic (exact) mass is 400 g/mol. The van der Waals surface area contributed by atoms with E-state index in [2.05, 4.69) is 0 Å². The van der Waals surface area contributed by atoms with Crippen LogP contribution < -0.4 is 15.2 Å². The quantitative estimate of drug-likeness (QED) is 0.441. The van der Waals surface area contributed by atoms with Crippen molar-refractivity contribution in [1.29, 1.82) is 0 Å². The van der Waals surface area contributed by atoms with Crippen LogP contribution in [0.3, 0.4) is 0 Å². The second-order valence-electron chi connectivity index (χ2n) is 5.88. The van der Waals surface area contributed by atoms with E-state index in [1.165, 1.54) is 12.1 Å². The number of nitro groups is 1. The third-order valence-electron chi connectivity index (χ3n) is 3.97. The molecule has 3 rings (SSSR count). The molecule has 0 spiro atoms. The van der Waals surface area contributed by atoms with Gasteiger partial charge in [0.05, 0.1) is 4.92 Å². The smallest absolute Gasteiger partial charge is 0.269 e. The second-order valence-corrected chi connectivity index (χ2v) is 5.88. The molecular formula is C21H21ClN2O4. The van der Waals surface area contributed by atoms with Gasteiger partial charge in [0, 0.05) is 18.7 Å². The Bertz CT molecular complexity index is 902. The predicted molar refractivity (Wildman–Crippen MR) is 111 cm³/mol. The summed E-state index contributed by atoms with van der Waals surface area (Å²) < 4.78 is 11.6. The summed E-state index contributed by atoms with van der Waals surface area (Å²) in [6, 6.07) is 21.8. The zero-order chi connectivity index (χ0) is 19.1. The fourth-order valence-electron chi connectivity index (χ4n) is 2.60. The summed E-state index contributed by atoms with van der Waals surface area (Å²) in [5.74, 6) is 1.21. The fourth-order valence-corrected chi connectivity index (χ4v) is 2.60. The lowest BCUT2D eigenvalue weighted by Gasteiger charge is -2.14. The van der Waals surface area contributed by atoms with Gasteiger partial charge in [0.15, 0.2) is 11.5 Å². The van der Waals surface area contributed by atoms with Crippen LogP contribution in [0.1, 0.15) is 5.56 Å². The first-order valence-electron chi connectivity index (χ1n) is 8.56. The molecular weight excluding hydrogens is 380 g/mol. The molecule has 0 atom stereocenters. The summed E-state index contributed by atoms with van der Waals surface area (Å²) in [6.45, 7) is 1.20. The van der Waals surface area contributed by atoms with Crippen LogP contribution in [0.15, 0.2) is 72.8 Å². The number of hydrogen-bond acceptors (Lipinski definition) is 5. The average Bonchev–Trinajstić information content (AvgIpc) is 2.72. The van der Waals surface area contributed by atoms with Gasteiger partial charge < -0.3 is 15.2 Å². The van der Waals surface area contributed by atoms with E-state index >= 15 is 0 Å². The fraction of sp³-hybridized carbons (Fsp3) is 0.143. The molecule has 28 heavy (non-hydrogen) atoms. The third kappa shape index (κ3) is 5.45.